The van der Waals surface area contributed by atoms with Crippen molar-refractivity contribution in [2.24, 2.45) is 0 Å². The molecule has 0 aliphatic carbocycles. The third-order valence-electron chi connectivity index (χ3n) is 4.04. The standard InChI is InChI=1S/C22H36N4O4/c1-21(2,3)29-19(27)15-25-13-11-23(17-25)9-7-8-10-24-12-14-26(18-24)16-20(28)30-22(4,5)6/h11-14,17-18H,7-10,15-16H2,1-6H3/q+2. The lowest BCUT2D eigenvalue weighted by Gasteiger charge is -2.18. The first kappa shape index (κ1) is 23.6. The van der Waals surface area contributed by atoms with Crippen LogP contribution in [0.4, 0.5) is 0 Å². The fourth-order valence-corrected chi connectivity index (χ4v) is 2.96. The van der Waals surface area contributed by atoms with Crippen molar-refractivity contribution in [3.8, 4) is 0 Å². The van der Waals surface area contributed by atoms with Gasteiger partial charge in [-0.2, -0.15) is 0 Å². The molecule has 30 heavy (non-hydrogen) atoms. The molecule has 0 radical (unpaired) electrons. The van der Waals surface area contributed by atoms with Crippen LogP contribution in [0.25, 0.3) is 0 Å². The van der Waals surface area contributed by atoms with E-state index < -0.39 is 11.2 Å². The van der Waals surface area contributed by atoms with Crippen LogP contribution in [0.1, 0.15) is 54.4 Å². The quantitative estimate of drug-likeness (QED) is 0.354. The molecule has 0 fully saturated rings. The second kappa shape index (κ2) is 9.91. The number of unbranched alkanes of at least 4 members (excludes halogenated alkanes) is 1. The predicted octanol–water partition coefficient (Wildman–Crippen LogP) is 2.03. The van der Waals surface area contributed by atoms with E-state index >= 15 is 0 Å². The Balaban J connectivity index is 1.70. The van der Waals surface area contributed by atoms with Crippen LogP contribution in [0.2, 0.25) is 0 Å². The monoisotopic (exact) mass is 420 g/mol. The van der Waals surface area contributed by atoms with E-state index in [2.05, 4.69) is 9.13 Å². The van der Waals surface area contributed by atoms with Gasteiger partial charge in [0.2, 0.25) is 12.7 Å². The number of carbonyl (C=O) groups excluding carboxylic acids is 2. The lowest BCUT2D eigenvalue weighted by Crippen LogP contribution is -2.39. The van der Waals surface area contributed by atoms with Crippen LogP contribution < -0.4 is 9.13 Å². The Morgan fingerprint density at radius 3 is 1.43 bits per heavy atom. The molecule has 2 aromatic rings. The number of hydrogen-bond acceptors (Lipinski definition) is 4. The highest BCUT2D eigenvalue weighted by atomic mass is 16.6. The summed E-state index contributed by atoms with van der Waals surface area (Å²) in [4.78, 5) is 23.8. The van der Waals surface area contributed by atoms with Crippen molar-refractivity contribution < 1.29 is 28.2 Å². The van der Waals surface area contributed by atoms with Gasteiger partial charge in [-0.3, -0.25) is 0 Å². The highest BCUT2D eigenvalue weighted by Crippen LogP contribution is 2.07. The third kappa shape index (κ3) is 9.24. The average Bonchev–Trinajstić information content (AvgIpc) is 3.17. The third-order valence-corrected chi connectivity index (χ3v) is 4.04. The molecule has 0 aliphatic rings. The van der Waals surface area contributed by atoms with Crippen LogP contribution in [0.15, 0.2) is 37.4 Å². The number of hydrogen-bond donors (Lipinski definition) is 0. The largest absolute Gasteiger partial charge is 0.457 e. The summed E-state index contributed by atoms with van der Waals surface area (Å²) in [7, 11) is 0. The molecule has 0 saturated heterocycles. The number of aromatic nitrogens is 4. The molecule has 0 bridgehead atoms. The van der Waals surface area contributed by atoms with E-state index in [1.54, 1.807) is 0 Å². The van der Waals surface area contributed by atoms with E-state index in [-0.39, 0.29) is 25.0 Å². The lowest BCUT2D eigenvalue weighted by atomic mass is 10.2. The number of esters is 2. The Morgan fingerprint density at radius 1 is 0.733 bits per heavy atom. The van der Waals surface area contributed by atoms with Gasteiger partial charge in [0.1, 0.15) is 36.0 Å². The van der Waals surface area contributed by atoms with E-state index in [0.717, 1.165) is 25.9 Å². The van der Waals surface area contributed by atoms with E-state index in [9.17, 15) is 9.59 Å². The van der Waals surface area contributed by atoms with Gasteiger partial charge in [0.15, 0.2) is 13.1 Å². The molecule has 2 rings (SSSR count). The van der Waals surface area contributed by atoms with Crippen molar-refractivity contribution in [1.82, 2.24) is 9.13 Å². The van der Waals surface area contributed by atoms with E-state index in [4.69, 9.17) is 9.47 Å². The molecule has 8 nitrogen and oxygen atoms in total. The van der Waals surface area contributed by atoms with Crippen LogP contribution in [0.3, 0.4) is 0 Å². The predicted molar refractivity (Wildman–Crippen MR) is 110 cm³/mol. The second-order valence-electron chi connectivity index (χ2n) is 9.53. The molecule has 0 unspecified atom stereocenters. The summed E-state index contributed by atoms with van der Waals surface area (Å²) >= 11 is 0. The Morgan fingerprint density at radius 2 is 1.10 bits per heavy atom. The first-order chi connectivity index (χ1) is 13.9. The molecule has 2 aromatic heterocycles. The van der Waals surface area contributed by atoms with Crippen LogP contribution >= 0.6 is 0 Å². The molecule has 0 N–H and O–H groups in total. The van der Waals surface area contributed by atoms with Crippen LogP contribution in [0, 0.1) is 0 Å². The number of ether oxygens (including phenoxy) is 2. The zero-order chi connectivity index (χ0) is 22.4. The highest BCUT2D eigenvalue weighted by Gasteiger charge is 2.19. The first-order valence-electron chi connectivity index (χ1n) is 10.4. The van der Waals surface area contributed by atoms with Gasteiger partial charge in [-0.25, -0.2) is 27.9 Å². The topological polar surface area (TPSA) is 70.2 Å². The van der Waals surface area contributed by atoms with Gasteiger partial charge in [-0.1, -0.05) is 0 Å². The molecule has 0 saturated carbocycles. The number of rotatable bonds is 9. The summed E-state index contributed by atoms with van der Waals surface area (Å²) in [5.74, 6) is -0.477. The Hall–Kier alpha value is -2.64. The molecular weight excluding hydrogens is 384 g/mol. The first-order valence-corrected chi connectivity index (χ1v) is 10.4. The zero-order valence-electron chi connectivity index (χ0n) is 19.1. The van der Waals surface area contributed by atoms with Gasteiger partial charge in [-0.15, -0.1) is 0 Å². The average molecular weight is 421 g/mol. The van der Waals surface area contributed by atoms with Crippen molar-refractivity contribution in [2.75, 3.05) is 0 Å². The van der Waals surface area contributed by atoms with Crippen molar-refractivity contribution in [3.05, 3.63) is 37.4 Å². The lowest BCUT2D eigenvalue weighted by molar-refractivity contribution is -0.685. The maximum absolute atomic E-state index is 11.9. The number of imidazole rings is 2. The molecule has 0 atom stereocenters. The van der Waals surface area contributed by atoms with Gasteiger partial charge < -0.3 is 9.47 Å². The summed E-state index contributed by atoms with van der Waals surface area (Å²) < 4.78 is 18.5. The zero-order valence-corrected chi connectivity index (χ0v) is 19.1. The van der Waals surface area contributed by atoms with Gasteiger partial charge in [0, 0.05) is 0 Å². The van der Waals surface area contributed by atoms with Crippen LogP contribution in [-0.4, -0.2) is 32.3 Å². The second-order valence-corrected chi connectivity index (χ2v) is 9.53. The minimum absolute atomic E-state index is 0.214. The summed E-state index contributed by atoms with van der Waals surface area (Å²) in [6.07, 6.45) is 13.6. The van der Waals surface area contributed by atoms with Crippen LogP contribution in [-0.2, 0) is 45.2 Å². The molecule has 0 spiro atoms. The Labute approximate surface area is 179 Å². The minimum atomic E-state index is -0.469. The van der Waals surface area contributed by atoms with E-state index in [0.29, 0.717) is 0 Å². The number of nitrogens with zero attached hydrogens (tertiary/aromatic N) is 4. The van der Waals surface area contributed by atoms with Gasteiger partial charge >= 0.3 is 11.9 Å². The summed E-state index contributed by atoms with van der Waals surface area (Å²) in [5, 5.41) is 0. The van der Waals surface area contributed by atoms with E-state index in [1.807, 2.05) is 88.1 Å². The maximum atomic E-state index is 11.9. The summed E-state index contributed by atoms with van der Waals surface area (Å²) in [6.45, 7) is 13.4. The van der Waals surface area contributed by atoms with Gasteiger partial charge in [-0.05, 0) is 54.4 Å². The molecule has 0 aromatic carbocycles. The van der Waals surface area contributed by atoms with E-state index in [1.165, 1.54) is 0 Å². The Kier molecular flexibility index (Phi) is 7.81. The maximum Gasteiger partial charge on any atom is 0.349 e. The molecule has 0 aliphatic heterocycles. The van der Waals surface area contributed by atoms with Crippen molar-refractivity contribution >= 4 is 11.9 Å². The smallest absolute Gasteiger partial charge is 0.349 e. The van der Waals surface area contributed by atoms with Crippen LogP contribution in [0.5, 0.6) is 0 Å². The molecule has 0 amide bonds. The normalized spacial score (nSPS) is 12.1. The molecular formula is C22H36N4O4+2. The fourth-order valence-electron chi connectivity index (χ4n) is 2.96. The highest BCUT2D eigenvalue weighted by molar-refractivity contribution is 5.68. The summed E-state index contributed by atoms with van der Waals surface area (Å²) in [5.41, 5.74) is -0.937. The van der Waals surface area contributed by atoms with Gasteiger partial charge in [0.25, 0.3) is 0 Å². The van der Waals surface area contributed by atoms with Crippen molar-refractivity contribution in [1.29, 1.82) is 0 Å². The SMILES string of the molecule is CC(C)(C)OC(=O)C[n+]1ccn(CCCCn2cc[n+](CC(=O)OC(C)(C)C)c2)c1. The molecule has 166 valence electrons. The minimum Gasteiger partial charge on any atom is -0.457 e. The molecule has 8 heteroatoms. The van der Waals surface area contributed by atoms with Gasteiger partial charge in [0.05, 0.1) is 13.1 Å². The molecule has 2 heterocycles. The summed E-state index contributed by atoms with van der Waals surface area (Å²) in [6, 6.07) is 0. The van der Waals surface area contributed by atoms with Crippen molar-refractivity contribution in [2.45, 2.75) is 91.8 Å². The fraction of sp³-hybridized carbons (Fsp3) is 0.636. The number of aryl methyl sites for hydroxylation is 2. The number of carbonyl (C=O) groups is 2. The van der Waals surface area contributed by atoms with Crippen molar-refractivity contribution in [3.63, 3.8) is 0 Å². The Bertz CT molecular complexity index is 770.